The predicted molar refractivity (Wildman–Crippen MR) is 84.2 cm³/mol. The summed E-state index contributed by atoms with van der Waals surface area (Å²) in [5.74, 6) is 0.443. The van der Waals surface area contributed by atoms with Crippen LogP contribution in [0.1, 0.15) is 54.5 Å². The number of halogens is 1. The van der Waals surface area contributed by atoms with E-state index in [0.29, 0.717) is 5.95 Å². The van der Waals surface area contributed by atoms with Crippen LogP contribution in [0.5, 0.6) is 0 Å². The highest BCUT2D eigenvalue weighted by Crippen LogP contribution is 2.32. The van der Waals surface area contributed by atoms with Gasteiger partial charge in [-0.1, -0.05) is 23.8 Å². The number of fused-ring (bicyclic) bond motifs is 1. The fraction of sp³-hybridized carbons (Fsp3) is 0.438. The van der Waals surface area contributed by atoms with Crippen molar-refractivity contribution in [2.45, 2.75) is 45.3 Å². The van der Waals surface area contributed by atoms with Crippen LogP contribution in [0.2, 0.25) is 0 Å². The number of rotatable bonds is 3. The molecule has 0 saturated heterocycles. The minimum atomic E-state index is -1.27. The molecule has 5 nitrogen and oxygen atoms in total. The molecule has 0 saturated carbocycles. The summed E-state index contributed by atoms with van der Waals surface area (Å²) < 4.78 is 13.4. The number of nitrogens with zero attached hydrogens (tertiary/aromatic N) is 3. The molecule has 1 aromatic heterocycles. The van der Waals surface area contributed by atoms with Gasteiger partial charge in [0.1, 0.15) is 0 Å². The van der Waals surface area contributed by atoms with Crippen molar-refractivity contribution < 1.29 is 4.39 Å². The molecule has 2 unspecified atom stereocenters. The Kier molecular flexibility index (Phi) is 3.92. The highest BCUT2D eigenvalue weighted by Gasteiger charge is 2.21. The van der Waals surface area contributed by atoms with Gasteiger partial charge in [0, 0.05) is 0 Å². The van der Waals surface area contributed by atoms with E-state index in [1.807, 2.05) is 0 Å². The summed E-state index contributed by atoms with van der Waals surface area (Å²) in [5, 5.41) is 3.29. The number of aromatic nitrogens is 3. The van der Waals surface area contributed by atoms with E-state index in [1.54, 1.807) is 0 Å². The van der Waals surface area contributed by atoms with Crippen LogP contribution in [-0.2, 0) is 6.42 Å². The molecule has 2 atom stereocenters. The summed E-state index contributed by atoms with van der Waals surface area (Å²) in [6.07, 6.45) is 1.90. The van der Waals surface area contributed by atoms with Crippen LogP contribution in [-0.4, -0.2) is 15.0 Å². The average Bonchev–Trinajstić information content (AvgIpc) is 2.47. The molecule has 0 amide bonds. The van der Waals surface area contributed by atoms with Crippen molar-refractivity contribution in [3.05, 3.63) is 40.7 Å². The Labute approximate surface area is 129 Å². The van der Waals surface area contributed by atoms with Gasteiger partial charge in [0.05, 0.1) is 6.04 Å². The molecule has 1 heterocycles. The Balaban J connectivity index is 1.90. The van der Waals surface area contributed by atoms with Crippen LogP contribution in [0.15, 0.2) is 18.2 Å². The SMILES string of the molecule is Cc1ccc2c(c1)C(Nc1nc(N)nc(C(C)F)n1)CCC2. The standard InChI is InChI=1S/C16H20FN5/c1-9-6-7-11-4-3-5-13(12(11)8-9)19-16-21-14(10(2)17)20-15(18)22-16/h6-8,10,13H,3-5H2,1-2H3,(H3,18,19,20,21,22). The highest BCUT2D eigenvalue weighted by atomic mass is 19.1. The van der Waals surface area contributed by atoms with Gasteiger partial charge in [0.15, 0.2) is 12.0 Å². The molecule has 1 aromatic carbocycles. The van der Waals surface area contributed by atoms with Gasteiger partial charge in [-0.3, -0.25) is 0 Å². The summed E-state index contributed by atoms with van der Waals surface area (Å²) in [6, 6.07) is 6.61. The molecule has 6 heteroatoms. The lowest BCUT2D eigenvalue weighted by Crippen LogP contribution is -2.20. The predicted octanol–water partition coefficient (Wildman–Crippen LogP) is 3.28. The number of nitrogens with one attached hydrogen (secondary N) is 1. The van der Waals surface area contributed by atoms with Crippen LogP contribution in [0.25, 0.3) is 0 Å². The van der Waals surface area contributed by atoms with Gasteiger partial charge in [0.25, 0.3) is 0 Å². The van der Waals surface area contributed by atoms with Gasteiger partial charge < -0.3 is 11.1 Å². The lowest BCUT2D eigenvalue weighted by molar-refractivity contribution is 0.356. The van der Waals surface area contributed by atoms with E-state index in [-0.39, 0.29) is 17.8 Å². The van der Waals surface area contributed by atoms with Gasteiger partial charge >= 0.3 is 0 Å². The summed E-state index contributed by atoms with van der Waals surface area (Å²) in [6.45, 7) is 3.47. The van der Waals surface area contributed by atoms with Gasteiger partial charge in [0.2, 0.25) is 11.9 Å². The zero-order chi connectivity index (χ0) is 15.7. The monoisotopic (exact) mass is 301 g/mol. The molecule has 22 heavy (non-hydrogen) atoms. The number of nitrogen functional groups attached to an aromatic ring is 1. The summed E-state index contributed by atoms with van der Waals surface area (Å²) in [4.78, 5) is 12.0. The Bertz CT molecular complexity index is 686. The first kappa shape index (κ1) is 14.7. The molecule has 2 aromatic rings. The second-order valence-electron chi connectivity index (χ2n) is 5.78. The number of nitrogens with two attached hydrogens (primary N) is 1. The molecule has 0 aliphatic heterocycles. The number of hydrogen-bond donors (Lipinski definition) is 2. The molecule has 0 bridgehead atoms. The van der Waals surface area contributed by atoms with Crippen molar-refractivity contribution in [1.29, 1.82) is 0 Å². The van der Waals surface area contributed by atoms with Crippen molar-refractivity contribution in [3.63, 3.8) is 0 Å². The maximum atomic E-state index is 13.4. The number of aryl methyl sites for hydroxylation is 2. The van der Waals surface area contributed by atoms with E-state index in [0.717, 1.165) is 19.3 Å². The minimum Gasteiger partial charge on any atom is -0.368 e. The van der Waals surface area contributed by atoms with E-state index in [4.69, 9.17) is 5.73 Å². The van der Waals surface area contributed by atoms with Crippen LogP contribution in [0, 0.1) is 6.92 Å². The molecule has 3 rings (SSSR count). The first-order valence-corrected chi connectivity index (χ1v) is 7.54. The third-order valence-corrected chi connectivity index (χ3v) is 3.94. The summed E-state index contributed by atoms with van der Waals surface area (Å²) >= 11 is 0. The highest BCUT2D eigenvalue weighted by molar-refractivity contribution is 5.41. The first-order chi connectivity index (χ1) is 10.5. The van der Waals surface area contributed by atoms with E-state index in [9.17, 15) is 4.39 Å². The number of alkyl halides is 1. The van der Waals surface area contributed by atoms with Crippen molar-refractivity contribution in [2.24, 2.45) is 0 Å². The van der Waals surface area contributed by atoms with Crippen molar-refractivity contribution in [3.8, 4) is 0 Å². The molecular formula is C16H20FN5. The van der Waals surface area contributed by atoms with E-state index >= 15 is 0 Å². The second kappa shape index (κ2) is 5.87. The zero-order valence-electron chi connectivity index (χ0n) is 12.8. The van der Waals surface area contributed by atoms with Crippen molar-refractivity contribution in [2.75, 3.05) is 11.1 Å². The normalized spacial score (nSPS) is 18.6. The lowest BCUT2D eigenvalue weighted by Gasteiger charge is -2.27. The van der Waals surface area contributed by atoms with Crippen LogP contribution in [0.3, 0.4) is 0 Å². The zero-order valence-corrected chi connectivity index (χ0v) is 12.8. The van der Waals surface area contributed by atoms with E-state index in [1.165, 1.54) is 23.6 Å². The smallest absolute Gasteiger partial charge is 0.228 e. The second-order valence-corrected chi connectivity index (χ2v) is 5.78. The van der Waals surface area contributed by atoms with Crippen LogP contribution >= 0.6 is 0 Å². The molecule has 0 fully saturated rings. The Hall–Kier alpha value is -2.24. The minimum absolute atomic E-state index is 0.0391. The fourth-order valence-corrected chi connectivity index (χ4v) is 2.88. The number of anilines is 2. The summed E-state index contributed by atoms with van der Waals surface area (Å²) in [5.41, 5.74) is 9.48. The van der Waals surface area contributed by atoms with Crippen molar-refractivity contribution >= 4 is 11.9 Å². The Morgan fingerprint density at radius 2 is 2.14 bits per heavy atom. The molecule has 0 radical (unpaired) electrons. The molecule has 116 valence electrons. The van der Waals surface area contributed by atoms with Gasteiger partial charge in [-0.2, -0.15) is 15.0 Å². The van der Waals surface area contributed by atoms with E-state index < -0.39 is 6.17 Å². The third kappa shape index (κ3) is 3.00. The van der Waals surface area contributed by atoms with Gasteiger partial charge in [-0.05, 0) is 44.2 Å². The summed E-state index contributed by atoms with van der Waals surface area (Å²) in [7, 11) is 0. The first-order valence-electron chi connectivity index (χ1n) is 7.54. The lowest BCUT2D eigenvalue weighted by atomic mass is 9.87. The molecule has 3 N–H and O–H groups in total. The molecular weight excluding hydrogens is 281 g/mol. The maximum Gasteiger partial charge on any atom is 0.228 e. The van der Waals surface area contributed by atoms with Gasteiger partial charge in [-0.15, -0.1) is 0 Å². The Morgan fingerprint density at radius 3 is 2.91 bits per heavy atom. The maximum absolute atomic E-state index is 13.4. The topological polar surface area (TPSA) is 76.7 Å². The number of benzene rings is 1. The van der Waals surface area contributed by atoms with E-state index in [2.05, 4.69) is 45.4 Å². The Morgan fingerprint density at radius 1 is 1.32 bits per heavy atom. The van der Waals surface area contributed by atoms with Crippen molar-refractivity contribution in [1.82, 2.24) is 15.0 Å². The fourth-order valence-electron chi connectivity index (χ4n) is 2.88. The van der Waals surface area contributed by atoms with Crippen LogP contribution < -0.4 is 11.1 Å². The van der Waals surface area contributed by atoms with Gasteiger partial charge in [-0.25, -0.2) is 4.39 Å². The quantitative estimate of drug-likeness (QED) is 0.909. The molecule has 1 aliphatic rings. The number of hydrogen-bond acceptors (Lipinski definition) is 5. The molecule has 0 spiro atoms. The third-order valence-electron chi connectivity index (χ3n) is 3.94. The largest absolute Gasteiger partial charge is 0.368 e. The van der Waals surface area contributed by atoms with Crippen LogP contribution in [0.4, 0.5) is 16.3 Å². The average molecular weight is 301 g/mol. The molecule has 1 aliphatic carbocycles.